The fourth-order valence-corrected chi connectivity index (χ4v) is 1.64. The van der Waals surface area contributed by atoms with Gasteiger partial charge >= 0.3 is 18.5 Å². The van der Waals surface area contributed by atoms with Gasteiger partial charge in [-0.05, 0) is 6.92 Å². The first-order chi connectivity index (χ1) is 10.5. The van der Waals surface area contributed by atoms with Crippen LogP contribution < -0.4 is 9.47 Å². The Bertz CT molecular complexity index is 570. The predicted molar refractivity (Wildman–Crippen MR) is 62.8 cm³/mol. The highest BCUT2D eigenvalue weighted by Gasteiger charge is 2.40. The summed E-state index contributed by atoms with van der Waals surface area (Å²) in [4.78, 5) is 14.2. The second kappa shape index (κ2) is 6.92. The number of pyridine rings is 1. The zero-order valence-electron chi connectivity index (χ0n) is 11.8. The van der Waals surface area contributed by atoms with E-state index >= 15 is 0 Å². The van der Waals surface area contributed by atoms with Crippen LogP contribution in [0, 0.1) is 0 Å². The van der Waals surface area contributed by atoms with E-state index in [9.17, 15) is 31.1 Å². The largest absolute Gasteiger partial charge is 0.574 e. The van der Waals surface area contributed by atoms with Crippen LogP contribution >= 0.6 is 0 Å². The lowest BCUT2D eigenvalue weighted by Gasteiger charge is -2.17. The topological polar surface area (TPSA) is 57.7 Å². The number of rotatable bonds is 5. The van der Waals surface area contributed by atoms with E-state index in [1.54, 1.807) is 0 Å². The monoisotopic (exact) mass is 347 g/mol. The summed E-state index contributed by atoms with van der Waals surface area (Å²) in [5, 5.41) is 0. The number of methoxy groups -OCH3 is 1. The van der Waals surface area contributed by atoms with Crippen molar-refractivity contribution in [2.75, 3.05) is 13.7 Å². The molecule has 0 aliphatic carbocycles. The molecule has 0 aliphatic rings. The number of nitrogens with zero attached hydrogens (tertiary/aromatic N) is 1. The van der Waals surface area contributed by atoms with Crippen LogP contribution in [0.25, 0.3) is 0 Å². The maximum absolute atomic E-state index is 13.0. The summed E-state index contributed by atoms with van der Waals surface area (Å²) in [5.41, 5.74) is -2.46. The smallest absolute Gasteiger partial charge is 0.496 e. The molecular formula is C12H11F6NO4. The summed E-state index contributed by atoms with van der Waals surface area (Å²) in [7, 11) is 0.932. The Morgan fingerprint density at radius 2 is 1.83 bits per heavy atom. The van der Waals surface area contributed by atoms with Gasteiger partial charge in [0.15, 0.2) is 5.69 Å². The van der Waals surface area contributed by atoms with Gasteiger partial charge in [-0.25, -0.2) is 4.98 Å². The lowest BCUT2D eigenvalue weighted by molar-refractivity contribution is -0.276. The zero-order chi connectivity index (χ0) is 17.8. The third-order valence-corrected chi connectivity index (χ3v) is 2.40. The molecule has 0 amide bonds. The van der Waals surface area contributed by atoms with E-state index in [2.05, 4.69) is 19.2 Å². The van der Waals surface area contributed by atoms with Crippen molar-refractivity contribution in [2.45, 2.75) is 25.9 Å². The minimum Gasteiger partial charge on any atom is -0.496 e. The van der Waals surface area contributed by atoms with Crippen molar-refractivity contribution in [3.05, 3.63) is 17.3 Å². The number of esters is 1. The average Bonchev–Trinajstić information content (AvgIpc) is 2.37. The molecule has 0 aliphatic heterocycles. The molecule has 0 fully saturated rings. The number of halogens is 6. The van der Waals surface area contributed by atoms with Crippen molar-refractivity contribution < 1.29 is 45.3 Å². The van der Waals surface area contributed by atoms with Gasteiger partial charge < -0.3 is 14.2 Å². The van der Waals surface area contributed by atoms with Gasteiger partial charge in [0.2, 0.25) is 5.88 Å². The second-order valence-electron chi connectivity index (χ2n) is 4.02. The van der Waals surface area contributed by atoms with E-state index in [-0.39, 0.29) is 6.61 Å². The molecule has 5 nitrogen and oxygen atoms in total. The normalized spacial score (nSPS) is 12.0. The first-order valence-corrected chi connectivity index (χ1v) is 6.04. The number of carbonyl (C=O) groups excluding carboxylic acids is 1. The van der Waals surface area contributed by atoms with Crippen LogP contribution in [0.2, 0.25) is 0 Å². The summed E-state index contributed by atoms with van der Waals surface area (Å²) in [6, 6.07) is 0.511. The molecule has 23 heavy (non-hydrogen) atoms. The molecule has 0 N–H and O–H groups in total. The van der Waals surface area contributed by atoms with Crippen molar-refractivity contribution in [1.82, 2.24) is 4.98 Å². The molecule has 0 spiro atoms. The Morgan fingerprint density at radius 3 is 2.26 bits per heavy atom. The van der Waals surface area contributed by atoms with Gasteiger partial charge in [-0.2, -0.15) is 13.2 Å². The van der Waals surface area contributed by atoms with Crippen molar-refractivity contribution in [2.24, 2.45) is 0 Å². The van der Waals surface area contributed by atoms with Crippen LogP contribution in [0.1, 0.15) is 18.2 Å². The highest BCUT2D eigenvalue weighted by atomic mass is 19.4. The van der Waals surface area contributed by atoms with Gasteiger partial charge in [0.1, 0.15) is 5.75 Å². The SMILES string of the molecule is CCOC(=O)Cc1c(OC)cc(OC(F)(F)F)nc1C(F)(F)F. The second-order valence-corrected chi connectivity index (χ2v) is 4.02. The molecule has 0 radical (unpaired) electrons. The number of alkyl halides is 6. The molecule has 0 saturated heterocycles. The van der Waals surface area contributed by atoms with E-state index in [1.165, 1.54) is 6.92 Å². The standard InChI is InChI=1S/C12H11F6NO4/c1-3-22-9(20)4-6-7(21-2)5-8(23-12(16,17)18)19-10(6)11(13,14)15/h5H,3-4H2,1-2H3. The first kappa shape index (κ1) is 18.8. The lowest BCUT2D eigenvalue weighted by Crippen LogP contribution is -2.21. The minimum atomic E-state index is -5.23. The minimum absolute atomic E-state index is 0.0782. The fraction of sp³-hybridized carbons (Fsp3) is 0.500. The van der Waals surface area contributed by atoms with Crippen LogP contribution in [-0.4, -0.2) is 31.0 Å². The van der Waals surface area contributed by atoms with Gasteiger partial charge in [-0.15, -0.1) is 13.2 Å². The molecule has 0 aromatic carbocycles. The van der Waals surface area contributed by atoms with Crippen LogP contribution in [0.5, 0.6) is 11.6 Å². The Balaban J connectivity index is 3.39. The van der Waals surface area contributed by atoms with Gasteiger partial charge in [-0.1, -0.05) is 0 Å². The van der Waals surface area contributed by atoms with Crippen LogP contribution in [0.3, 0.4) is 0 Å². The number of aromatic nitrogens is 1. The molecule has 1 aromatic heterocycles. The van der Waals surface area contributed by atoms with Gasteiger partial charge in [0, 0.05) is 11.6 Å². The van der Waals surface area contributed by atoms with Gasteiger partial charge in [-0.3, -0.25) is 4.79 Å². The van der Waals surface area contributed by atoms with Crippen LogP contribution in [0.15, 0.2) is 6.07 Å². The molecule has 1 heterocycles. The Labute approximate surface area is 126 Å². The Hall–Kier alpha value is -2.20. The summed E-state index contributed by atoms with van der Waals surface area (Å²) in [6.07, 6.45) is -11.2. The molecule has 0 bridgehead atoms. The van der Waals surface area contributed by atoms with E-state index in [0.29, 0.717) is 6.07 Å². The number of hydrogen-bond donors (Lipinski definition) is 0. The van der Waals surface area contributed by atoms with Gasteiger partial charge in [0.25, 0.3) is 0 Å². The van der Waals surface area contributed by atoms with Crippen LogP contribution in [-0.2, 0) is 22.1 Å². The molecule has 1 rings (SSSR count). The Kier molecular flexibility index (Phi) is 5.67. The van der Waals surface area contributed by atoms with E-state index in [4.69, 9.17) is 0 Å². The van der Waals surface area contributed by atoms with Crippen molar-refractivity contribution >= 4 is 5.97 Å². The molecular weight excluding hydrogens is 336 g/mol. The molecule has 1 aromatic rings. The highest BCUT2D eigenvalue weighted by Crippen LogP contribution is 2.38. The lowest BCUT2D eigenvalue weighted by atomic mass is 10.1. The number of ether oxygens (including phenoxy) is 3. The van der Waals surface area contributed by atoms with Crippen molar-refractivity contribution in [3.63, 3.8) is 0 Å². The van der Waals surface area contributed by atoms with Crippen molar-refractivity contribution in [3.8, 4) is 11.6 Å². The Morgan fingerprint density at radius 1 is 1.22 bits per heavy atom. The summed E-state index contributed by atoms with van der Waals surface area (Å²) < 4.78 is 88.0. The number of carbonyl (C=O) groups is 1. The van der Waals surface area contributed by atoms with Gasteiger partial charge in [0.05, 0.1) is 20.1 Å². The van der Waals surface area contributed by atoms with E-state index in [1.807, 2.05) is 0 Å². The molecule has 0 atom stereocenters. The maximum atomic E-state index is 13.0. The molecule has 0 unspecified atom stereocenters. The maximum Gasteiger partial charge on any atom is 0.574 e. The predicted octanol–water partition coefficient (Wildman–Crippen LogP) is 3.11. The third-order valence-electron chi connectivity index (χ3n) is 2.40. The molecule has 0 saturated carbocycles. The van der Waals surface area contributed by atoms with Crippen molar-refractivity contribution in [1.29, 1.82) is 0 Å². The highest BCUT2D eigenvalue weighted by molar-refractivity contribution is 5.74. The van der Waals surface area contributed by atoms with E-state index < -0.39 is 47.8 Å². The summed E-state index contributed by atoms with van der Waals surface area (Å²) >= 11 is 0. The fourth-order valence-electron chi connectivity index (χ4n) is 1.64. The summed E-state index contributed by atoms with van der Waals surface area (Å²) in [5.74, 6) is -2.99. The number of hydrogen-bond acceptors (Lipinski definition) is 5. The third kappa shape index (κ3) is 5.49. The average molecular weight is 347 g/mol. The summed E-state index contributed by atoms with van der Waals surface area (Å²) in [6.45, 7) is 1.36. The molecule has 11 heteroatoms. The van der Waals surface area contributed by atoms with Crippen LogP contribution in [0.4, 0.5) is 26.3 Å². The quantitative estimate of drug-likeness (QED) is 0.605. The molecule has 130 valence electrons. The van der Waals surface area contributed by atoms with E-state index in [0.717, 1.165) is 7.11 Å². The zero-order valence-corrected chi connectivity index (χ0v) is 11.8. The first-order valence-electron chi connectivity index (χ1n) is 6.04.